The number of pyridine rings is 1. The summed E-state index contributed by atoms with van der Waals surface area (Å²) in [5, 5.41) is 8.32. The summed E-state index contributed by atoms with van der Waals surface area (Å²) in [5.41, 5.74) is 9.09. The van der Waals surface area contributed by atoms with E-state index in [0.717, 1.165) is 43.6 Å². The van der Waals surface area contributed by atoms with Crippen LogP contribution in [-0.2, 0) is 0 Å². The summed E-state index contributed by atoms with van der Waals surface area (Å²) in [7, 11) is 0. The molecule has 0 aliphatic heterocycles. The molecule has 0 aliphatic rings. The van der Waals surface area contributed by atoms with Crippen molar-refractivity contribution in [1.29, 1.82) is 0 Å². The molecule has 10 rings (SSSR count). The number of nitrogens with zero attached hydrogens (tertiary/aromatic N) is 3. The second-order valence-corrected chi connectivity index (χ2v) is 12.5. The van der Waals surface area contributed by atoms with E-state index in [-0.39, 0.29) is 0 Å². The van der Waals surface area contributed by atoms with E-state index in [1.54, 1.807) is 0 Å². The van der Waals surface area contributed by atoms with E-state index < -0.39 is 0 Å². The SMILES string of the molecule is S=c1c2cc3c(cc2c2cc4c5ccccc5n(-c5ccccc5)c4cc2n1-c1ccccc1)c1ccccc1n3-c1ccccc1. The van der Waals surface area contributed by atoms with Crippen LogP contribution >= 0.6 is 12.2 Å². The van der Waals surface area contributed by atoms with Crippen LogP contribution in [0.5, 0.6) is 0 Å². The van der Waals surface area contributed by atoms with Crippen molar-refractivity contribution in [2.45, 2.75) is 0 Å². The first-order valence-corrected chi connectivity index (χ1v) is 16.3. The molecule has 0 atom stereocenters. The van der Waals surface area contributed by atoms with Crippen LogP contribution in [0.3, 0.4) is 0 Å². The minimum atomic E-state index is 0.798. The molecule has 10 aromatic rings. The van der Waals surface area contributed by atoms with Crippen LogP contribution in [0.15, 0.2) is 164 Å². The summed E-state index contributed by atoms with van der Waals surface area (Å²) < 4.78 is 7.81. The van der Waals surface area contributed by atoms with Crippen LogP contribution in [0.1, 0.15) is 0 Å². The van der Waals surface area contributed by atoms with Crippen LogP contribution in [0.4, 0.5) is 0 Å². The number of benzene rings is 7. The van der Waals surface area contributed by atoms with Gasteiger partial charge in [0.15, 0.2) is 0 Å². The molecule has 4 heteroatoms. The Morgan fingerprint density at radius 2 is 0.660 bits per heavy atom. The van der Waals surface area contributed by atoms with Gasteiger partial charge in [-0.1, -0.05) is 103 Å². The van der Waals surface area contributed by atoms with E-state index >= 15 is 0 Å². The highest BCUT2D eigenvalue weighted by Gasteiger charge is 2.20. The number of hydrogen-bond acceptors (Lipinski definition) is 1. The van der Waals surface area contributed by atoms with Gasteiger partial charge in [-0.15, -0.1) is 0 Å². The smallest absolute Gasteiger partial charge is 0.118 e. The molecule has 47 heavy (non-hydrogen) atoms. The largest absolute Gasteiger partial charge is 0.309 e. The van der Waals surface area contributed by atoms with Gasteiger partial charge in [0.25, 0.3) is 0 Å². The van der Waals surface area contributed by atoms with E-state index in [1.807, 2.05) is 0 Å². The van der Waals surface area contributed by atoms with Crippen molar-refractivity contribution in [2.24, 2.45) is 0 Å². The molecule has 0 N–H and O–H groups in total. The first kappa shape index (κ1) is 26.3. The second kappa shape index (κ2) is 10.0. The number of rotatable bonds is 3. The Balaban J connectivity index is 1.43. The summed E-state index contributed by atoms with van der Waals surface area (Å²) in [6, 6.07) is 58.6. The molecule has 0 fully saturated rings. The van der Waals surface area contributed by atoms with Crippen LogP contribution in [0.2, 0.25) is 0 Å². The normalized spacial score (nSPS) is 11.9. The lowest BCUT2D eigenvalue weighted by molar-refractivity contribution is 1.10. The lowest BCUT2D eigenvalue weighted by atomic mass is 10.0. The van der Waals surface area contributed by atoms with Gasteiger partial charge >= 0.3 is 0 Å². The molecule has 3 heterocycles. The predicted octanol–water partition coefficient (Wildman–Crippen LogP) is 11.7. The summed E-state index contributed by atoms with van der Waals surface area (Å²) in [6.07, 6.45) is 0. The van der Waals surface area contributed by atoms with Gasteiger partial charge in [0, 0.05) is 49.4 Å². The summed E-state index contributed by atoms with van der Waals surface area (Å²) in [6.45, 7) is 0. The van der Waals surface area contributed by atoms with Crippen LogP contribution < -0.4 is 0 Å². The molecule has 0 bridgehead atoms. The Morgan fingerprint density at radius 1 is 0.277 bits per heavy atom. The standard InChI is InChI=1S/C43H27N3S/c47-43-37-26-40-34(31-20-10-12-22-38(31)44(40)28-14-4-1-5-15-28)24-33(37)36-25-35-32-21-11-13-23-39(32)45(29-16-6-2-7-17-29)41(35)27-42(36)46(43)30-18-8-3-9-19-30/h1-27H. The molecular formula is C43H27N3S. The van der Waals surface area contributed by atoms with Crippen molar-refractivity contribution in [3.05, 3.63) is 168 Å². The molecule has 3 aromatic heterocycles. The van der Waals surface area contributed by atoms with Gasteiger partial charge in [-0.05, 0) is 78.2 Å². The minimum absolute atomic E-state index is 0.798. The molecule has 0 radical (unpaired) electrons. The van der Waals surface area contributed by atoms with Crippen molar-refractivity contribution in [3.63, 3.8) is 0 Å². The van der Waals surface area contributed by atoms with Gasteiger partial charge in [0.2, 0.25) is 0 Å². The fraction of sp³-hybridized carbons (Fsp3) is 0. The first-order valence-electron chi connectivity index (χ1n) is 15.9. The lowest BCUT2D eigenvalue weighted by Gasteiger charge is -2.17. The number of hydrogen-bond donors (Lipinski definition) is 0. The predicted molar refractivity (Wildman–Crippen MR) is 200 cm³/mol. The average molecular weight is 618 g/mol. The quantitative estimate of drug-likeness (QED) is 0.142. The summed E-state index contributed by atoms with van der Waals surface area (Å²) in [5.74, 6) is 0. The van der Waals surface area contributed by atoms with E-state index in [0.29, 0.717) is 0 Å². The maximum atomic E-state index is 6.47. The Labute approximate surface area is 275 Å². The van der Waals surface area contributed by atoms with Gasteiger partial charge < -0.3 is 13.7 Å². The highest BCUT2D eigenvalue weighted by molar-refractivity contribution is 7.71. The van der Waals surface area contributed by atoms with Crippen LogP contribution in [-0.4, -0.2) is 13.7 Å². The van der Waals surface area contributed by atoms with Gasteiger partial charge in [-0.3, -0.25) is 0 Å². The minimum Gasteiger partial charge on any atom is -0.309 e. The van der Waals surface area contributed by atoms with Crippen molar-refractivity contribution < 1.29 is 0 Å². The van der Waals surface area contributed by atoms with Gasteiger partial charge in [-0.25, -0.2) is 0 Å². The Morgan fingerprint density at radius 3 is 1.19 bits per heavy atom. The topological polar surface area (TPSA) is 14.8 Å². The maximum absolute atomic E-state index is 6.47. The first-order chi connectivity index (χ1) is 23.3. The van der Waals surface area contributed by atoms with Gasteiger partial charge in [0.05, 0.1) is 27.6 Å². The van der Waals surface area contributed by atoms with E-state index in [1.165, 1.54) is 43.4 Å². The third-order valence-electron chi connectivity index (χ3n) is 9.61. The van der Waals surface area contributed by atoms with E-state index in [4.69, 9.17) is 12.2 Å². The fourth-order valence-electron chi connectivity index (χ4n) is 7.59. The van der Waals surface area contributed by atoms with Gasteiger partial charge in [-0.2, -0.15) is 0 Å². The molecule has 0 aliphatic carbocycles. The molecule has 0 saturated heterocycles. The molecule has 0 saturated carbocycles. The molecular weight excluding hydrogens is 591 g/mol. The maximum Gasteiger partial charge on any atom is 0.118 e. The van der Waals surface area contributed by atoms with Gasteiger partial charge in [0.1, 0.15) is 4.64 Å². The number of aromatic nitrogens is 3. The van der Waals surface area contributed by atoms with E-state index in [2.05, 4.69) is 177 Å². The van der Waals surface area contributed by atoms with Crippen molar-refractivity contribution >= 4 is 77.5 Å². The number of para-hydroxylation sites is 5. The third kappa shape index (κ3) is 3.76. The molecule has 0 unspecified atom stereocenters. The second-order valence-electron chi connectivity index (χ2n) is 12.2. The van der Waals surface area contributed by atoms with Crippen molar-refractivity contribution in [3.8, 4) is 17.1 Å². The Bertz CT molecular complexity index is 2900. The zero-order valence-corrected chi connectivity index (χ0v) is 26.2. The monoisotopic (exact) mass is 617 g/mol. The molecule has 3 nitrogen and oxygen atoms in total. The zero-order valence-electron chi connectivity index (χ0n) is 25.3. The summed E-state index contributed by atoms with van der Waals surface area (Å²) in [4.78, 5) is 0. The fourth-order valence-corrected chi connectivity index (χ4v) is 7.97. The lowest BCUT2D eigenvalue weighted by Crippen LogP contribution is -2.02. The third-order valence-corrected chi connectivity index (χ3v) is 10.0. The summed E-state index contributed by atoms with van der Waals surface area (Å²) >= 11 is 6.47. The molecule has 0 spiro atoms. The van der Waals surface area contributed by atoms with Crippen LogP contribution in [0.25, 0.3) is 82.3 Å². The molecule has 7 aromatic carbocycles. The number of fused-ring (bicyclic) bond motifs is 9. The molecule has 220 valence electrons. The van der Waals surface area contributed by atoms with Crippen LogP contribution in [0, 0.1) is 4.64 Å². The Hall–Kier alpha value is -5.97. The highest BCUT2D eigenvalue weighted by atomic mass is 32.1. The highest BCUT2D eigenvalue weighted by Crippen LogP contribution is 2.41. The molecule has 0 amide bonds. The zero-order chi connectivity index (χ0) is 31.1. The van der Waals surface area contributed by atoms with Crippen molar-refractivity contribution in [2.75, 3.05) is 0 Å². The Kier molecular flexibility index (Phi) is 5.60. The van der Waals surface area contributed by atoms with E-state index in [9.17, 15) is 0 Å². The average Bonchev–Trinajstić information content (AvgIpc) is 3.63. The van der Waals surface area contributed by atoms with Crippen molar-refractivity contribution in [1.82, 2.24) is 13.7 Å².